The monoisotopic (exact) mass is 404 g/mol. The molecular formula is C19H21BrN2O3. The highest BCUT2D eigenvalue weighted by molar-refractivity contribution is 9.10. The lowest BCUT2D eigenvalue weighted by Gasteiger charge is -2.09. The lowest BCUT2D eigenvalue weighted by molar-refractivity contribution is -0.120. The number of halogens is 1. The van der Waals surface area contributed by atoms with Crippen molar-refractivity contribution in [2.45, 2.75) is 13.3 Å². The van der Waals surface area contributed by atoms with Crippen molar-refractivity contribution in [3.63, 3.8) is 0 Å². The molecule has 0 aromatic heterocycles. The summed E-state index contributed by atoms with van der Waals surface area (Å²) in [6.07, 6.45) is 0.694. The second-order valence-corrected chi connectivity index (χ2v) is 6.48. The Bertz CT molecular complexity index is 734. The molecule has 132 valence electrons. The third-order valence-corrected chi connectivity index (χ3v) is 3.89. The van der Waals surface area contributed by atoms with Crippen molar-refractivity contribution in [3.8, 4) is 5.75 Å². The molecule has 0 fully saturated rings. The maximum Gasteiger partial charge on any atom is 0.251 e. The van der Waals surface area contributed by atoms with Gasteiger partial charge < -0.3 is 15.4 Å². The van der Waals surface area contributed by atoms with Gasteiger partial charge in [0.25, 0.3) is 5.91 Å². The van der Waals surface area contributed by atoms with Crippen LogP contribution in [0.2, 0.25) is 0 Å². The molecule has 0 bridgehead atoms. The summed E-state index contributed by atoms with van der Waals surface area (Å²) in [7, 11) is 0. The van der Waals surface area contributed by atoms with E-state index in [1.165, 1.54) is 0 Å². The molecule has 0 aliphatic heterocycles. The Morgan fingerprint density at radius 2 is 1.88 bits per heavy atom. The molecule has 6 heteroatoms. The summed E-state index contributed by atoms with van der Waals surface area (Å²) in [5.74, 6) is 0.325. The minimum absolute atomic E-state index is 0.0515. The lowest BCUT2D eigenvalue weighted by atomic mass is 10.2. The quantitative estimate of drug-likeness (QED) is 0.664. The molecule has 2 aromatic carbocycles. The molecule has 0 aliphatic carbocycles. The number of carbonyl (C=O) groups excluding carboxylic acids is 2. The summed E-state index contributed by atoms with van der Waals surface area (Å²) in [4.78, 5) is 23.7. The van der Waals surface area contributed by atoms with E-state index in [4.69, 9.17) is 4.74 Å². The van der Waals surface area contributed by atoms with Gasteiger partial charge in [-0.05, 0) is 49.2 Å². The predicted octanol–water partition coefficient (Wildman–Crippen LogP) is 3.07. The molecule has 0 spiro atoms. The van der Waals surface area contributed by atoms with E-state index in [1.54, 1.807) is 18.2 Å². The Labute approximate surface area is 155 Å². The van der Waals surface area contributed by atoms with Gasteiger partial charge in [-0.3, -0.25) is 9.59 Å². The van der Waals surface area contributed by atoms with Crippen LogP contribution < -0.4 is 15.4 Å². The highest BCUT2D eigenvalue weighted by Crippen LogP contribution is 2.12. The van der Waals surface area contributed by atoms with Gasteiger partial charge in [-0.15, -0.1) is 0 Å². The molecule has 2 N–H and O–H groups in total. The fourth-order valence-electron chi connectivity index (χ4n) is 2.15. The summed E-state index contributed by atoms with van der Waals surface area (Å²) in [5.41, 5.74) is 1.65. The van der Waals surface area contributed by atoms with E-state index in [0.717, 1.165) is 15.8 Å². The van der Waals surface area contributed by atoms with Crippen LogP contribution in [0.25, 0.3) is 0 Å². The summed E-state index contributed by atoms with van der Waals surface area (Å²) >= 11 is 3.31. The molecule has 0 atom stereocenters. The molecule has 2 rings (SSSR count). The zero-order chi connectivity index (χ0) is 18.1. The van der Waals surface area contributed by atoms with Crippen molar-refractivity contribution in [1.82, 2.24) is 10.6 Å². The first-order valence-electron chi connectivity index (χ1n) is 8.04. The van der Waals surface area contributed by atoms with Crippen LogP contribution in [0.4, 0.5) is 0 Å². The first-order valence-corrected chi connectivity index (χ1v) is 8.84. The smallest absolute Gasteiger partial charge is 0.251 e. The summed E-state index contributed by atoms with van der Waals surface area (Å²) in [5, 5.41) is 5.35. The van der Waals surface area contributed by atoms with Gasteiger partial charge in [0, 0.05) is 16.6 Å². The fraction of sp³-hybridized carbons (Fsp3) is 0.263. The highest BCUT2D eigenvalue weighted by Gasteiger charge is 2.08. The zero-order valence-electron chi connectivity index (χ0n) is 14.0. The van der Waals surface area contributed by atoms with Gasteiger partial charge in [0.15, 0.2) is 0 Å². The molecule has 5 nitrogen and oxygen atoms in total. The second kappa shape index (κ2) is 9.84. The van der Waals surface area contributed by atoms with E-state index in [0.29, 0.717) is 25.1 Å². The highest BCUT2D eigenvalue weighted by atomic mass is 79.9. The normalized spacial score (nSPS) is 10.2. The fourth-order valence-corrected chi connectivity index (χ4v) is 2.55. The minimum Gasteiger partial charge on any atom is -0.494 e. The van der Waals surface area contributed by atoms with Gasteiger partial charge in [0.05, 0.1) is 13.2 Å². The van der Waals surface area contributed by atoms with Crippen molar-refractivity contribution in [3.05, 3.63) is 64.1 Å². The Kier molecular flexibility index (Phi) is 7.47. The zero-order valence-corrected chi connectivity index (χ0v) is 15.6. The standard InChI is InChI=1S/C19H21BrN2O3/c1-14-5-2-8-17(11-14)25-10-4-9-21-18(23)13-22-19(24)15-6-3-7-16(20)12-15/h2-3,5-8,11-12H,4,9-10,13H2,1H3,(H,21,23)(H,22,24). The Morgan fingerprint density at radius 1 is 1.08 bits per heavy atom. The number of rotatable bonds is 8. The first-order chi connectivity index (χ1) is 12.0. The molecule has 0 saturated heterocycles. The van der Waals surface area contributed by atoms with E-state index in [1.807, 2.05) is 37.3 Å². The van der Waals surface area contributed by atoms with E-state index in [2.05, 4.69) is 26.6 Å². The number of hydrogen-bond acceptors (Lipinski definition) is 3. The number of ether oxygens (including phenoxy) is 1. The lowest BCUT2D eigenvalue weighted by Crippen LogP contribution is -2.37. The van der Waals surface area contributed by atoms with Crippen LogP contribution in [0.1, 0.15) is 22.3 Å². The van der Waals surface area contributed by atoms with Gasteiger partial charge in [-0.25, -0.2) is 0 Å². The largest absolute Gasteiger partial charge is 0.494 e. The van der Waals surface area contributed by atoms with Crippen LogP contribution in [0.15, 0.2) is 53.0 Å². The van der Waals surface area contributed by atoms with Gasteiger partial charge in [0.1, 0.15) is 5.75 Å². The number of nitrogens with one attached hydrogen (secondary N) is 2. The number of benzene rings is 2. The van der Waals surface area contributed by atoms with Crippen molar-refractivity contribution in [2.75, 3.05) is 19.7 Å². The molecule has 0 unspecified atom stereocenters. The number of hydrogen-bond donors (Lipinski definition) is 2. The average Bonchev–Trinajstić information content (AvgIpc) is 2.59. The molecule has 0 radical (unpaired) electrons. The molecule has 2 aromatic rings. The maximum absolute atomic E-state index is 11.9. The summed E-state index contributed by atoms with van der Waals surface area (Å²) in [6, 6.07) is 14.8. The third kappa shape index (κ3) is 6.97. The van der Waals surface area contributed by atoms with Crippen LogP contribution in [0.5, 0.6) is 5.75 Å². The molecule has 2 amide bonds. The Morgan fingerprint density at radius 3 is 2.64 bits per heavy atom. The molecule has 0 heterocycles. The van der Waals surface area contributed by atoms with E-state index >= 15 is 0 Å². The van der Waals surface area contributed by atoms with Gasteiger partial charge in [-0.2, -0.15) is 0 Å². The minimum atomic E-state index is -0.278. The van der Waals surface area contributed by atoms with Crippen molar-refractivity contribution < 1.29 is 14.3 Å². The summed E-state index contributed by atoms with van der Waals surface area (Å²) < 4.78 is 6.43. The number of carbonyl (C=O) groups is 2. The molecular weight excluding hydrogens is 384 g/mol. The molecule has 0 saturated carbocycles. The van der Waals surface area contributed by atoms with E-state index in [-0.39, 0.29) is 18.4 Å². The number of amides is 2. The van der Waals surface area contributed by atoms with E-state index in [9.17, 15) is 9.59 Å². The maximum atomic E-state index is 11.9. The first kappa shape index (κ1) is 19.0. The Balaban J connectivity index is 1.60. The topological polar surface area (TPSA) is 67.4 Å². The van der Waals surface area contributed by atoms with Crippen LogP contribution in [0.3, 0.4) is 0 Å². The van der Waals surface area contributed by atoms with Crippen LogP contribution >= 0.6 is 15.9 Å². The van der Waals surface area contributed by atoms with Crippen molar-refractivity contribution in [1.29, 1.82) is 0 Å². The molecule has 0 aliphatic rings. The van der Waals surface area contributed by atoms with Crippen molar-refractivity contribution in [2.24, 2.45) is 0 Å². The van der Waals surface area contributed by atoms with Crippen LogP contribution in [0, 0.1) is 6.92 Å². The predicted molar refractivity (Wildman–Crippen MR) is 101 cm³/mol. The van der Waals surface area contributed by atoms with Gasteiger partial charge in [-0.1, -0.05) is 34.1 Å². The van der Waals surface area contributed by atoms with Gasteiger partial charge in [0.2, 0.25) is 5.91 Å². The van der Waals surface area contributed by atoms with Crippen molar-refractivity contribution >= 4 is 27.7 Å². The second-order valence-electron chi connectivity index (χ2n) is 5.56. The van der Waals surface area contributed by atoms with Crippen LogP contribution in [-0.2, 0) is 4.79 Å². The number of aryl methyl sites for hydroxylation is 1. The summed E-state index contributed by atoms with van der Waals surface area (Å²) in [6.45, 7) is 2.98. The average molecular weight is 405 g/mol. The molecule has 25 heavy (non-hydrogen) atoms. The third-order valence-electron chi connectivity index (χ3n) is 3.40. The Hall–Kier alpha value is -2.34. The van der Waals surface area contributed by atoms with Crippen LogP contribution in [-0.4, -0.2) is 31.5 Å². The van der Waals surface area contributed by atoms with Gasteiger partial charge >= 0.3 is 0 Å². The van der Waals surface area contributed by atoms with E-state index < -0.39 is 0 Å². The SMILES string of the molecule is Cc1cccc(OCCCNC(=O)CNC(=O)c2cccc(Br)c2)c1.